The van der Waals surface area contributed by atoms with Crippen LogP contribution in [0, 0.1) is 0 Å². The molecule has 1 atom stereocenters. The molecule has 0 aliphatic carbocycles. The minimum atomic E-state index is -0.871. The Hall–Kier alpha value is -0.770. The highest BCUT2D eigenvalue weighted by atomic mass is 16.6. The summed E-state index contributed by atoms with van der Waals surface area (Å²) in [4.78, 5) is 10.8. The van der Waals surface area contributed by atoms with Crippen LogP contribution in [0.3, 0.4) is 0 Å². The molecule has 0 rings (SSSR count). The summed E-state index contributed by atoms with van der Waals surface area (Å²) in [6, 6.07) is 0. The summed E-state index contributed by atoms with van der Waals surface area (Å²) < 4.78 is 4.84. The summed E-state index contributed by atoms with van der Waals surface area (Å²) in [5.74, 6) is 0. The zero-order chi connectivity index (χ0) is 9.07. The number of amides is 1. The standard InChI is InChI=1S/C7H15NO3/c1-5(9)8-6(10)11-7(2,3)4/h5,9H,1-4H3,(H,8,10)/t5-/m1/s1. The van der Waals surface area contributed by atoms with Crippen molar-refractivity contribution in [3.63, 3.8) is 0 Å². The molecule has 4 heteroatoms. The Labute approximate surface area is 66.5 Å². The van der Waals surface area contributed by atoms with Gasteiger partial charge >= 0.3 is 6.09 Å². The molecule has 0 radical (unpaired) electrons. The molecule has 0 saturated carbocycles. The molecule has 0 aromatic rings. The molecule has 11 heavy (non-hydrogen) atoms. The van der Waals surface area contributed by atoms with E-state index in [0.29, 0.717) is 0 Å². The number of aliphatic hydroxyl groups excluding tert-OH is 1. The Balaban J connectivity index is 3.71. The van der Waals surface area contributed by atoms with Crippen LogP contribution in [0.1, 0.15) is 27.7 Å². The fraction of sp³-hybridized carbons (Fsp3) is 0.857. The third-order valence-corrected chi connectivity index (χ3v) is 0.726. The lowest BCUT2D eigenvalue weighted by molar-refractivity contribution is 0.0386. The Bertz CT molecular complexity index is 137. The smallest absolute Gasteiger partial charge is 0.409 e. The molecule has 1 amide bonds. The Morgan fingerprint density at radius 1 is 1.55 bits per heavy atom. The van der Waals surface area contributed by atoms with E-state index >= 15 is 0 Å². The van der Waals surface area contributed by atoms with Crippen molar-refractivity contribution in [1.82, 2.24) is 5.32 Å². The lowest BCUT2D eigenvalue weighted by Gasteiger charge is -2.20. The molecule has 0 aliphatic heterocycles. The first-order chi connectivity index (χ1) is 4.81. The van der Waals surface area contributed by atoms with Gasteiger partial charge < -0.3 is 9.84 Å². The van der Waals surface area contributed by atoms with Crippen LogP contribution in [-0.4, -0.2) is 23.0 Å². The molecule has 4 nitrogen and oxygen atoms in total. The van der Waals surface area contributed by atoms with Crippen LogP contribution in [0.2, 0.25) is 0 Å². The van der Waals surface area contributed by atoms with Crippen LogP contribution in [0.5, 0.6) is 0 Å². The number of carbonyl (C=O) groups is 1. The van der Waals surface area contributed by atoms with Crippen molar-refractivity contribution in [2.75, 3.05) is 0 Å². The minimum absolute atomic E-state index is 0.515. The van der Waals surface area contributed by atoms with Gasteiger partial charge in [-0.05, 0) is 27.7 Å². The molecule has 2 N–H and O–H groups in total. The number of ether oxygens (including phenoxy) is 1. The van der Waals surface area contributed by atoms with Gasteiger partial charge in [0.05, 0.1) is 0 Å². The predicted molar refractivity (Wildman–Crippen MR) is 41.1 cm³/mol. The van der Waals surface area contributed by atoms with E-state index < -0.39 is 17.9 Å². The van der Waals surface area contributed by atoms with Gasteiger partial charge in [-0.3, -0.25) is 5.32 Å². The van der Waals surface area contributed by atoms with Crippen molar-refractivity contribution in [2.45, 2.75) is 39.5 Å². The van der Waals surface area contributed by atoms with Gasteiger partial charge in [-0.2, -0.15) is 0 Å². The van der Waals surface area contributed by atoms with Crippen molar-refractivity contribution in [2.24, 2.45) is 0 Å². The normalized spacial score (nSPS) is 13.9. The second kappa shape index (κ2) is 3.57. The summed E-state index contributed by atoms with van der Waals surface area (Å²) in [5.41, 5.74) is -0.515. The third-order valence-electron chi connectivity index (χ3n) is 0.726. The zero-order valence-electron chi connectivity index (χ0n) is 7.34. The number of carbonyl (C=O) groups excluding carboxylic acids is 1. The number of aliphatic hydroxyl groups is 1. The topological polar surface area (TPSA) is 58.6 Å². The molecular formula is C7H15NO3. The van der Waals surface area contributed by atoms with Gasteiger partial charge in [0.1, 0.15) is 11.8 Å². The van der Waals surface area contributed by atoms with Gasteiger partial charge in [-0.15, -0.1) is 0 Å². The first kappa shape index (κ1) is 10.2. The van der Waals surface area contributed by atoms with Gasteiger partial charge in [0.2, 0.25) is 0 Å². The number of alkyl carbamates (subject to hydrolysis) is 1. The number of hydrogen-bond donors (Lipinski definition) is 2. The summed E-state index contributed by atoms with van der Waals surface area (Å²) in [6.07, 6.45) is -1.47. The molecule has 0 aliphatic rings. The molecule has 0 saturated heterocycles. The van der Waals surface area contributed by atoms with Crippen LogP contribution >= 0.6 is 0 Å². The second-order valence-corrected chi connectivity index (χ2v) is 3.32. The highest BCUT2D eigenvalue weighted by molar-refractivity contribution is 5.67. The lowest BCUT2D eigenvalue weighted by atomic mass is 10.2. The maximum atomic E-state index is 10.8. The highest BCUT2D eigenvalue weighted by Gasteiger charge is 2.16. The van der Waals surface area contributed by atoms with E-state index in [2.05, 4.69) is 5.32 Å². The predicted octanol–water partition coefficient (Wildman–Crippen LogP) is 0.849. The molecule has 0 spiro atoms. The first-order valence-corrected chi connectivity index (χ1v) is 3.49. The molecular weight excluding hydrogens is 146 g/mol. The van der Waals surface area contributed by atoms with E-state index in [9.17, 15) is 4.79 Å². The maximum Gasteiger partial charge on any atom is 0.409 e. The average Bonchev–Trinajstić information content (AvgIpc) is 1.53. The summed E-state index contributed by atoms with van der Waals surface area (Å²) in [7, 11) is 0. The van der Waals surface area contributed by atoms with Crippen molar-refractivity contribution >= 4 is 6.09 Å². The molecule has 0 aromatic heterocycles. The first-order valence-electron chi connectivity index (χ1n) is 3.49. The fourth-order valence-corrected chi connectivity index (χ4v) is 0.478. The summed E-state index contributed by atoms with van der Waals surface area (Å²) in [6.45, 7) is 6.72. The molecule has 0 heterocycles. The zero-order valence-corrected chi connectivity index (χ0v) is 7.34. The van der Waals surface area contributed by atoms with Crippen LogP contribution in [0.15, 0.2) is 0 Å². The maximum absolute atomic E-state index is 10.8. The van der Waals surface area contributed by atoms with Crippen molar-refractivity contribution < 1.29 is 14.6 Å². The molecule has 0 fully saturated rings. The average molecular weight is 161 g/mol. The molecule has 66 valence electrons. The van der Waals surface area contributed by atoms with E-state index in [1.807, 2.05) is 0 Å². The number of rotatable bonds is 1. The summed E-state index contributed by atoms with van der Waals surface area (Å²) >= 11 is 0. The largest absolute Gasteiger partial charge is 0.444 e. The fourth-order valence-electron chi connectivity index (χ4n) is 0.478. The molecule has 0 unspecified atom stereocenters. The third kappa shape index (κ3) is 7.12. The molecule has 0 aromatic carbocycles. The van der Waals surface area contributed by atoms with E-state index in [1.165, 1.54) is 6.92 Å². The van der Waals surface area contributed by atoms with E-state index in [-0.39, 0.29) is 0 Å². The second-order valence-electron chi connectivity index (χ2n) is 3.32. The number of hydrogen-bond acceptors (Lipinski definition) is 3. The van der Waals surface area contributed by atoms with Crippen LogP contribution in [0.25, 0.3) is 0 Å². The highest BCUT2D eigenvalue weighted by Crippen LogP contribution is 2.06. The Morgan fingerprint density at radius 2 is 2.00 bits per heavy atom. The van der Waals surface area contributed by atoms with Crippen LogP contribution < -0.4 is 5.32 Å². The van der Waals surface area contributed by atoms with Crippen molar-refractivity contribution in [3.8, 4) is 0 Å². The number of nitrogens with one attached hydrogen (secondary N) is 1. The Kier molecular flexibility index (Phi) is 3.32. The van der Waals surface area contributed by atoms with Gasteiger partial charge in [-0.1, -0.05) is 0 Å². The van der Waals surface area contributed by atoms with Gasteiger partial charge in [0.15, 0.2) is 0 Å². The van der Waals surface area contributed by atoms with Crippen LogP contribution in [0.4, 0.5) is 4.79 Å². The Morgan fingerprint density at radius 3 is 2.27 bits per heavy atom. The van der Waals surface area contributed by atoms with Gasteiger partial charge in [0, 0.05) is 0 Å². The minimum Gasteiger partial charge on any atom is -0.444 e. The summed E-state index contributed by atoms with van der Waals surface area (Å²) in [5, 5.41) is 10.9. The SMILES string of the molecule is C[C@@H](O)NC(=O)OC(C)(C)C. The van der Waals surface area contributed by atoms with E-state index in [1.54, 1.807) is 20.8 Å². The van der Waals surface area contributed by atoms with Crippen molar-refractivity contribution in [1.29, 1.82) is 0 Å². The molecule has 0 bridgehead atoms. The van der Waals surface area contributed by atoms with Crippen molar-refractivity contribution in [3.05, 3.63) is 0 Å². The van der Waals surface area contributed by atoms with Crippen LogP contribution in [-0.2, 0) is 4.74 Å². The lowest BCUT2D eigenvalue weighted by Crippen LogP contribution is -2.37. The quantitative estimate of drug-likeness (QED) is 0.560. The monoisotopic (exact) mass is 161 g/mol. The van der Waals surface area contributed by atoms with Gasteiger partial charge in [-0.25, -0.2) is 4.79 Å². The van der Waals surface area contributed by atoms with Gasteiger partial charge in [0.25, 0.3) is 0 Å². The van der Waals surface area contributed by atoms with E-state index in [4.69, 9.17) is 9.84 Å². The van der Waals surface area contributed by atoms with E-state index in [0.717, 1.165) is 0 Å².